The topological polar surface area (TPSA) is 119 Å². The Morgan fingerprint density at radius 1 is 0.900 bits per heavy atom. The number of imidazole rings is 1. The van der Waals surface area contributed by atoms with Crippen LogP contribution in [0.5, 0.6) is 11.5 Å². The Labute approximate surface area is 297 Å². The van der Waals surface area contributed by atoms with Crippen molar-refractivity contribution < 1.29 is 24.2 Å². The average Bonchev–Trinajstić information content (AvgIpc) is 3.81. The normalized spacial score (nSPS) is 15.6. The third-order valence-electron chi connectivity index (χ3n) is 8.28. The third kappa shape index (κ3) is 6.47. The van der Waals surface area contributed by atoms with E-state index < -0.39 is 17.7 Å². The molecule has 0 aliphatic carbocycles. The Kier molecular flexibility index (Phi) is 9.38. The van der Waals surface area contributed by atoms with Crippen molar-refractivity contribution in [2.75, 3.05) is 11.5 Å². The summed E-state index contributed by atoms with van der Waals surface area (Å²) in [7, 11) is 0. The quantitative estimate of drug-likeness (QED) is 0.0476. The van der Waals surface area contributed by atoms with Crippen molar-refractivity contribution in [3.8, 4) is 11.5 Å². The van der Waals surface area contributed by atoms with Gasteiger partial charge in [0.25, 0.3) is 5.78 Å². The first-order chi connectivity index (χ1) is 24.3. The first kappa shape index (κ1) is 33.1. The largest absolute Gasteiger partial charge is 0.505 e. The smallest absolute Gasteiger partial charge is 0.301 e. The zero-order chi connectivity index (χ0) is 34.8. The van der Waals surface area contributed by atoms with Gasteiger partial charge in [0.2, 0.25) is 5.13 Å². The van der Waals surface area contributed by atoms with E-state index >= 15 is 0 Å². The number of anilines is 1. The number of rotatable bonds is 11. The van der Waals surface area contributed by atoms with Gasteiger partial charge in [-0.05, 0) is 61.7 Å². The first-order valence-corrected chi connectivity index (χ1v) is 17.8. The number of nitrogens with zero attached hydrogens (tertiary/aromatic N) is 5. The van der Waals surface area contributed by atoms with Crippen LogP contribution in [-0.4, -0.2) is 43.0 Å². The fourth-order valence-electron chi connectivity index (χ4n) is 5.88. The molecule has 252 valence electrons. The van der Waals surface area contributed by atoms with Crippen LogP contribution in [0.4, 0.5) is 5.13 Å². The molecule has 1 N–H and O–H groups in total. The molecule has 10 nitrogen and oxygen atoms in total. The van der Waals surface area contributed by atoms with Crippen LogP contribution in [0.25, 0.3) is 11.4 Å². The predicted octanol–water partition coefficient (Wildman–Crippen LogP) is 7.70. The van der Waals surface area contributed by atoms with E-state index in [0.29, 0.717) is 57.4 Å². The van der Waals surface area contributed by atoms with Crippen LogP contribution in [0.2, 0.25) is 0 Å². The highest BCUT2D eigenvalue weighted by molar-refractivity contribution is 8.00. The van der Waals surface area contributed by atoms with Crippen LogP contribution in [0.1, 0.15) is 46.6 Å². The van der Waals surface area contributed by atoms with E-state index in [-0.39, 0.29) is 16.5 Å². The number of hydrogen-bond acceptors (Lipinski definition) is 10. The standard InChI is InChI=1S/C38H33N5O5S2/c1-4-47-29-20-27(17-18-28(29)48-21-25-10-6-5-7-11-25)33-31(34(44)32-24(3)39-30-12-8-9-19-42(30)32)35(45)36(46)43(33)37-40-41-38(50-37)49-22-26-15-13-23(2)14-16-26/h5-20,33,44H,4,21-22H2,1-3H3/b34-31+. The summed E-state index contributed by atoms with van der Waals surface area (Å²) in [5.41, 5.74) is 5.14. The molecule has 0 saturated carbocycles. The van der Waals surface area contributed by atoms with Crippen molar-refractivity contribution in [1.29, 1.82) is 0 Å². The number of pyridine rings is 1. The molecular formula is C38H33N5O5S2. The molecule has 12 heteroatoms. The lowest BCUT2D eigenvalue weighted by Crippen LogP contribution is -2.29. The fraction of sp³-hybridized carbons (Fsp3) is 0.184. The molecule has 1 unspecified atom stereocenters. The second kappa shape index (κ2) is 14.2. The molecule has 4 heterocycles. The number of fused-ring (bicyclic) bond motifs is 1. The van der Waals surface area contributed by atoms with E-state index in [4.69, 9.17) is 9.47 Å². The second-order valence-corrected chi connectivity index (χ2v) is 13.9. The van der Waals surface area contributed by atoms with Gasteiger partial charge in [-0.1, -0.05) is 95.4 Å². The number of aliphatic hydroxyl groups excluding tert-OH is 1. The number of benzene rings is 3. The first-order valence-electron chi connectivity index (χ1n) is 16.0. The number of ketones is 1. The molecule has 1 aliphatic rings. The van der Waals surface area contributed by atoms with E-state index in [1.807, 2.05) is 50.2 Å². The van der Waals surface area contributed by atoms with Crippen molar-refractivity contribution in [2.24, 2.45) is 0 Å². The molecular weight excluding hydrogens is 671 g/mol. The molecule has 1 amide bonds. The summed E-state index contributed by atoms with van der Waals surface area (Å²) in [6.45, 7) is 6.33. The highest BCUT2D eigenvalue weighted by atomic mass is 32.2. The summed E-state index contributed by atoms with van der Waals surface area (Å²) in [4.78, 5) is 33.8. The zero-order valence-electron chi connectivity index (χ0n) is 27.6. The molecule has 7 rings (SSSR count). The summed E-state index contributed by atoms with van der Waals surface area (Å²) >= 11 is 2.71. The van der Waals surface area contributed by atoms with E-state index in [0.717, 1.165) is 11.1 Å². The number of aryl methyl sites for hydroxylation is 2. The van der Waals surface area contributed by atoms with Gasteiger partial charge < -0.3 is 14.6 Å². The Hall–Kier alpha value is -5.46. The Morgan fingerprint density at radius 2 is 1.68 bits per heavy atom. The summed E-state index contributed by atoms with van der Waals surface area (Å²) in [5.74, 6) is -0.412. The highest BCUT2D eigenvalue weighted by Gasteiger charge is 2.49. The van der Waals surface area contributed by atoms with Crippen molar-refractivity contribution in [1.82, 2.24) is 19.6 Å². The Bertz CT molecular complexity index is 2230. The average molecular weight is 704 g/mol. The van der Waals surface area contributed by atoms with Crippen molar-refractivity contribution in [3.05, 3.63) is 136 Å². The van der Waals surface area contributed by atoms with Gasteiger partial charge in [-0.15, -0.1) is 10.2 Å². The summed E-state index contributed by atoms with van der Waals surface area (Å²) in [6, 6.07) is 27.7. The molecule has 1 atom stereocenters. The Balaban J connectivity index is 1.31. The lowest BCUT2D eigenvalue weighted by atomic mass is 9.96. The van der Waals surface area contributed by atoms with E-state index in [1.54, 1.807) is 47.9 Å². The second-order valence-electron chi connectivity index (χ2n) is 11.7. The number of hydrogen-bond donors (Lipinski definition) is 1. The SMILES string of the molecule is CCOc1cc(C2/C(=C(\O)c3c(C)nc4ccccn34)C(=O)C(=O)N2c2nnc(SCc3ccc(C)cc3)s2)ccc1OCc1ccccc1. The molecule has 1 fully saturated rings. The lowest BCUT2D eigenvalue weighted by molar-refractivity contribution is -0.132. The molecule has 1 aliphatic heterocycles. The van der Waals surface area contributed by atoms with E-state index in [1.165, 1.54) is 33.6 Å². The van der Waals surface area contributed by atoms with Crippen LogP contribution in [0.15, 0.2) is 107 Å². The van der Waals surface area contributed by atoms with Gasteiger partial charge in [-0.3, -0.25) is 18.9 Å². The number of thioether (sulfide) groups is 1. The Morgan fingerprint density at radius 3 is 2.46 bits per heavy atom. The number of carbonyl (C=O) groups excluding carboxylic acids is 2. The summed E-state index contributed by atoms with van der Waals surface area (Å²) < 4.78 is 14.5. The molecule has 50 heavy (non-hydrogen) atoms. The van der Waals surface area contributed by atoms with Crippen LogP contribution in [0.3, 0.4) is 0 Å². The van der Waals surface area contributed by atoms with Gasteiger partial charge in [0, 0.05) is 11.9 Å². The minimum absolute atomic E-state index is 0.0896. The molecule has 0 radical (unpaired) electrons. The van der Waals surface area contributed by atoms with Crippen molar-refractivity contribution in [2.45, 2.75) is 43.5 Å². The van der Waals surface area contributed by atoms with Crippen LogP contribution in [0, 0.1) is 13.8 Å². The van der Waals surface area contributed by atoms with Crippen LogP contribution >= 0.6 is 23.1 Å². The maximum absolute atomic E-state index is 14.0. The summed E-state index contributed by atoms with van der Waals surface area (Å²) in [6.07, 6.45) is 1.75. The monoisotopic (exact) mass is 703 g/mol. The number of amides is 1. The third-order valence-corrected chi connectivity index (χ3v) is 10.4. The van der Waals surface area contributed by atoms with Gasteiger partial charge in [0.05, 0.1) is 23.9 Å². The van der Waals surface area contributed by atoms with E-state index in [9.17, 15) is 14.7 Å². The molecule has 0 spiro atoms. The number of aromatic nitrogens is 4. The number of Topliss-reactive ketones (excluding diaryl/α,β-unsaturated/α-hetero) is 1. The van der Waals surface area contributed by atoms with Crippen LogP contribution in [-0.2, 0) is 21.9 Å². The van der Waals surface area contributed by atoms with Crippen LogP contribution < -0.4 is 14.4 Å². The van der Waals surface area contributed by atoms with Crippen molar-refractivity contribution in [3.63, 3.8) is 0 Å². The van der Waals surface area contributed by atoms with Crippen molar-refractivity contribution >= 4 is 51.3 Å². The number of carbonyl (C=O) groups is 2. The molecule has 3 aromatic heterocycles. The summed E-state index contributed by atoms with van der Waals surface area (Å²) in [5, 5.41) is 20.9. The van der Waals surface area contributed by atoms with Gasteiger partial charge >= 0.3 is 5.91 Å². The minimum atomic E-state index is -1.05. The minimum Gasteiger partial charge on any atom is -0.505 e. The molecule has 1 saturated heterocycles. The number of ether oxygens (including phenoxy) is 2. The van der Waals surface area contributed by atoms with Gasteiger partial charge in [0.1, 0.15) is 17.9 Å². The maximum Gasteiger partial charge on any atom is 0.301 e. The van der Waals surface area contributed by atoms with Gasteiger partial charge in [-0.2, -0.15) is 0 Å². The molecule has 6 aromatic rings. The molecule has 0 bridgehead atoms. The molecule has 3 aromatic carbocycles. The van der Waals surface area contributed by atoms with Gasteiger partial charge in [-0.25, -0.2) is 4.98 Å². The lowest BCUT2D eigenvalue weighted by Gasteiger charge is -2.23. The zero-order valence-corrected chi connectivity index (χ0v) is 29.2. The highest BCUT2D eigenvalue weighted by Crippen LogP contribution is 2.46. The number of aliphatic hydroxyl groups is 1. The maximum atomic E-state index is 14.0. The predicted molar refractivity (Wildman–Crippen MR) is 194 cm³/mol. The fourth-order valence-corrected chi connectivity index (χ4v) is 7.70. The van der Waals surface area contributed by atoms with Gasteiger partial charge in [0.15, 0.2) is 21.6 Å². The van der Waals surface area contributed by atoms with E-state index in [2.05, 4.69) is 39.4 Å².